The van der Waals surface area contributed by atoms with E-state index < -0.39 is 6.23 Å². The van der Waals surface area contributed by atoms with E-state index in [0.717, 1.165) is 11.3 Å². The van der Waals surface area contributed by atoms with Gasteiger partial charge in [-0.25, -0.2) is 0 Å². The molecule has 0 radical (unpaired) electrons. The molecule has 0 aliphatic rings. The summed E-state index contributed by atoms with van der Waals surface area (Å²) in [6, 6.07) is 16.9. The number of carbonyl (C=O) groups is 2. The number of hydrogen-bond donors (Lipinski definition) is 0. The Labute approximate surface area is 136 Å². The van der Waals surface area contributed by atoms with Crippen molar-refractivity contribution in [3.63, 3.8) is 0 Å². The Morgan fingerprint density at radius 3 is 2.39 bits per heavy atom. The molecular weight excluding hydrogens is 290 g/mol. The highest BCUT2D eigenvalue weighted by Gasteiger charge is 2.21. The van der Waals surface area contributed by atoms with Crippen LogP contribution in [0.15, 0.2) is 54.6 Å². The van der Waals surface area contributed by atoms with Gasteiger partial charge >= 0.3 is 5.97 Å². The van der Waals surface area contributed by atoms with Gasteiger partial charge in [-0.1, -0.05) is 42.5 Å². The average molecular weight is 311 g/mol. The molecule has 1 unspecified atom stereocenters. The Balaban J connectivity index is 2.26. The predicted molar refractivity (Wildman–Crippen MR) is 90.5 cm³/mol. The van der Waals surface area contributed by atoms with Gasteiger partial charge in [0, 0.05) is 18.2 Å². The number of nitrogens with zero attached hydrogens (tertiary/aromatic N) is 1. The van der Waals surface area contributed by atoms with E-state index in [1.807, 2.05) is 49.4 Å². The van der Waals surface area contributed by atoms with E-state index in [0.29, 0.717) is 5.56 Å². The van der Waals surface area contributed by atoms with Crippen molar-refractivity contribution < 1.29 is 14.3 Å². The highest BCUT2D eigenvalue weighted by atomic mass is 16.6. The molecule has 0 aromatic heterocycles. The van der Waals surface area contributed by atoms with Crippen molar-refractivity contribution in [3.05, 3.63) is 65.7 Å². The highest BCUT2D eigenvalue weighted by Crippen LogP contribution is 2.20. The molecule has 0 saturated carbocycles. The number of benzene rings is 2. The smallest absolute Gasteiger partial charge is 0.304 e. The third kappa shape index (κ3) is 4.68. The molecule has 1 atom stereocenters. The normalized spacial score (nSPS) is 11.6. The van der Waals surface area contributed by atoms with Gasteiger partial charge in [0.2, 0.25) is 0 Å². The number of hydrogen-bond acceptors (Lipinski definition) is 4. The molecule has 0 fully saturated rings. The second-order valence-electron chi connectivity index (χ2n) is 5.46. The first-order valence-corrected chi connectivity index (χ1v) is 7.56. The summed E-state index contributed by atoms with van der Waals surface area (Å²) in [6.45, 7) is 5.26. The minimum atomic E-state index is -0.526. The molecular formula is C19H21NO3. The van der Waals surface area contributed by atoms with Crippen LogP contribution in [0.1, 0.15) is 29.8 Å². The molecule has 2 aromatic rings. The van der Waals surface area contributed by atoms with Crippen LogP contribution in [0.5, 0.6) is 0 Å². The summed E-state index contributed by atoms with van der Waals surface area (Å²) in [5.41, 5.74) is 2.57. The topological polar surface area (TPSA) is 46.6 Å². The minimum absolute atomic E-state index is 0.0221. The zero-order valence-corrected chi connectivity index (χ0v) is 13.7. The summed E-state index contributed by atoms with van der Waals surface area (Å²) in [5.74, 6) is -0.395. The van der Waals surface area contributed by atoms with Crippen LogP contribution in [0.2, 0.25) is 0 Å². The van der Waals surface area contributed by atoms with Gasteiger partial charge in [0.1, 0.15) is 0 Å². The summed E-state index contributed by atoms with van der Waals surface area (Å²) in [4.78, 5) is 25.6. The van der Waals surface area contributed by atoms with Gasteiger partial charge < -0.3 is 9.64 Å². The van der Waals surface area contributed by atoms with Crippen LogP contribution in [-0.2, 0) is 9.53 Å². The summed E-state index contributed by atoms with van der Waals surface area (Å²) >= 11 is 0. The predicted octanol–water partition coefficient (Wildman–Crippen LogP) is 3.59. The molecule has 0 aliphatic carbocycles. The molecule has 0 aliphatic heterocycles. The summed E-state index contributed by atoms with van der Waals surface area (Å²) in [5, 5.41) is 0. The maximum Gasteiger partial charge on any atom is 0.304 e. The third-order valence-corrected chi connectivity index (χ3v) is 3.52. The first kappa shape index (κ1) is 16.7. The number of ketones is 1. The number of rotatable bonds is 6. The second kappa shape index (κ2) is 7.58. The van der Waals surface area contributed by atoms with Crippen LogP contribution in [-0.4, -0.2) is 24.5 Å². The van der Waals surface area contributed by atoms with Crippen LogP contribution >= 0.6 is 0 Å². The Bertz CT molecular complexity index is 682. The van der Waals surface area contributed by atoms with E-state index in [1.165, 1.54) is 6.92 Å². The van der Waals surface area contributed by atoms with Gasteiger partial charge in [-0.3, -0.25) is 9.59 Å². The fraction of sp³-hybridized carbons (Fsp3) is 0.263. The second-order valence-corrected chi connectivity index (χ2v) is 5.46. The van der Waals surface area contributed by atoms with Gasteiger partial charge in [0.05, 0.1) is 6.54 Å². The average Bonchev–Trinajstić information content (AvgIpc) is 2.52. The molecule has 0 amide bonds. The number of carbonyl (C=O) groups excluding carboxylic acids is 2. The van der Waals surface area contributed by atoms with Gasteiger partial charge in [0.15, 0.2) is 12.0 Å². The van der Waals surface area contributed by atoms with Crippen molar-refractivity contribution in [2.24, 2.45) is 0 Å². The molecule has 120 valence electrons. The standard InChI is InChI=1S/C19H21NO3/c1-14-8-7-11-18(12-14)20(15(2)23-16(3)21)13-19(22)17-9-5-4-6-10-17/h4-12,15H,13H2,1-3H3. The van der Waals surface area contributed by atoms with Crippen molar-refractivity contribution in [1.29, 1.82) is 0 Å². The summed E-state index contributed by atoms with van der Waals surface area (Å²) in [7, 11) is 0. The molecule has 4 heteroatoms. The van der Waals surface area contributed by atoms with Crippen LogP contribution in [0.25, 0.3) is 0 Å². The van der Waals surface area contributed by atoms with Crippen molar-refractivity contribution in [2.45, 2.75) is 27.0 Å². The number of ether oxygens (including phenoxy) is 1. The van der Waals surface area contributed by atoms with Crippen molar-refractivity contribution in [3.8, 4) is 0 Å². The zero-order chi connectivity index (χ0) is 16.8. The van der Waals surface area contributed by atoms with Crippen LogP contribution in [0.3, 0.4) is 0 Å². The molecule has 23 heavy (non-hydrogen) atoms. The third-order valence-electron chi connectivity index (χ3n) is 3.52. The molecule has 2 rings (SSSR count). The van der Waals surface area contributed by atoms with E-state index in [2.05, 4.69) is 0 Å². The number of esters is 1. The van der Waals surface area contributed by atoms with Crippen molar-refractivity contribution in [1.82, 2.24) is 0 Å². The first-order chi connectivity index (χ1) is 11.0. The monoisotopic (exact) mass is 311 g/mol. The molecule has 4 nitrogen and oxygen atoms in total. The van der Waals surface area contributed by atoms with Crippen molar-refractivity contribution >= 4 is 17.4 Å². The summed E-state index contributed by atoms with van der Waals surface area (Å²) < 4.78 is 5.28. The Hall–Kier alpha value is -2.62. The Morgan fingerprint density at radius 2 is 1.78 bits per heavy atom. The lowest BCUT2D eigenvalue weighted by Crippen LogP contribution is -2.40. The van der Waals surface area contributed by atoms with Crippen LogP contribution < -0.4 is 4.90 Å². The molecule has 0 N–H and O–H groups in total. The quantitative estimate of drug-likeness (QED) is 0.464. The molecule has 0 heterocycles. The number of aryl methyl sites for hydroxylation is 1. The lowest BCUT2D eigenvalue weighted by molar-refractivity contribution is -0.145. The van der Waals surface area contributed by atoms with E-state index in [1.54, 1.807) is 24.0 Å². The first-order valence-electron chi connectivity index (χ1n) is 7.56. The van der Waals surface area contributed by atoms with Crippen LogP contribution in [0.4, 0.5) is 5.69 Å². The SMILES string of the molecule is CC(=O)OC(C)N(CC(=O)c1ccccc1)c1cccc(C)c1. The van der Waals surface area contributed by atoms with Crippen molar-refractivity contribution in [2.75, 3.05) is 11.4 Å². The van der Waals surface area contributed by atoms with Gasteiger partial charge in [-0.05, 0) is 31.5 Å². The lowest BCUT2D eigenvalue weighted by Gasteiger charge is -2.30. The fourth-order valence-corrected chi connectivity index (χ4v) is 2.41. The Morgan fingerprint density at radius 1 is 1.09 bits per heavy atom. The lowest BCUT2D eigenvalue weighted by atomic mass is 10.1. The molecule has 2 aromatic carbocycles. The maximum atomic E-state index is 12.5. The minimum Gasteiger partial charge on any atom is -0.442 e. The van der Waals surface area contributed by atoms with E-state index >= 15 is 0 Å². The molecule has 0 spiro atoms. The highest BCUT2D eigenvalue weighted by molar-refractivity contribution is 5.99. The maximum absolute atomic E-state index is 12.5. The molecule has 0 bridgehead atoms. The fourth-order valence-electron chi connectivity index (χ4n) is 2.41. The largest absolute Gasteiger partial charge is 0.442 e. The zero-order valence-electron chi connectivity index (χ0n) is 13.7. The van der Waals surface area contributed by atoms with Crippen LogP contribution in [0, 0.1) is 6.92 Å². The van der Waals surface area contributed by atoms with Gasteiger partial charge in [0.25, 0.3) is 0 Å². The number of Topliss-reactive ketones (excluding diaryl/α,β-unsaturated/α-hetero) is 1. The summed E-state index contributed by atoms with van der Waals surface area (Å²) in [6.07, 6.45) is -0.526. The Kier molecular flexibility index (Phi) is 5.52. The van der Waals surface area contributed by atoms with E-state index in [-0.39, 0.29) is 18.3 Å². The van der Waals surface area contributed by atoms with Gasteiger partial charge in [-0.2, -0.15) is 0 Å². The van der Waals surface area contributed by atoms with Gasteiger partial charge in [-0.15, -0.1) is 0 Å². The van der Waals surface area contributed by atoms with E-state index in [9.17, 15) is 9.59 Å². The number of anilines is 1. The van der Waals surface area contributed by atoms with E-state index in [4.69, 9.17) is 4.74 Å². The molecule has 0 saturated heterocycles.